The molecule has 2 rings (SSSR count). The van der Waals surface area contributed by atoms with Gasteiger partial charge in [-0.1, -0.05) is 19.1 Å². The molecule has 2 N–H and O–H groups in total. The SMILES string of the molecule is CC1CC1NCC(=O)Nc1ccccc1F. The molecule has 1 aliphatic rings. The Morgan fingerprint density at radius 3 is 2.81 bits per heavy atom. The molecule has 4 heteroatoms. The van der Waals surface area contributed by atoms with Crippen LogP contribution in [0.2, 0.25) is 0 Å². The summed E-state index contributed by atoms with van der Waals surface area (Å²) in [5, 5.41) is 5.64. The van der Waals surface area contributed by atoms with E-state index in [9.17, 15) is 9.18 Å². The van der Waals surface area contributed by atoms with Crippen molar-refractivity contribution >= 4 is 11.6 Å². The molecule has 16 heavy (non-hydrogen) atoms. The fraction of sp³-hybridized carbons (Fsp3) is 0.417. The fourth-order valence-electron chi connectivity index (χ4n) is 1.59. The number of benzene rings is 1. The molecule has 1 amide bonds. The summed E-state index contributed by atoms with van der Waals surface area (Å²) in [7, 11) is 0. The number of nitrogens with one attached hydrogen (secondary N) is 2. The lowest BCUT2D eigenvalue weighted by molar-refractivity contribution is -0.115. The predicted molar refractivity (Wildman–Crippen MR) is 60.6 cm³/mol. The highest BCUT2D eigenvalue weighted by molar-refractivity contribution is 5.92. The summed E-state index contributed by atoms with van der Waals surface area (Å²) in [6.07, 6.45) is 1.12. The number of halogens is 1. The van der Waals surface area contributed by atoms with Crippen LogP contribution in [0.3, 0.4) is 0 Å². The summed E-state index contributed by atoms with van der Waals surface area (Å²) in [5.41, 5.74) is 0.234. The van der Waals surface area contributed by atoms with Gasteiger partial charge in [0.25, 0.3) is 0 Å². The second-order valence-electron chi connectivity index (χ2n) is 4.23. The molecule has 1 fully saturated rings. The number of rotatable bonds is 4. The highest BCUT2D eigenvalue weighted by Crippen LogP contribution is 2.28. The number of amides is 1. The average molecular weight is 222 g/mol. The number of hydrogen-bond acceptors (Lipinski definition) is 2. The van der Waals surface area contributed by atoms with Gasteiger partial charge >= 0.3 is 0 Å². The summed E-state index contributed by atoms with van der Waals surface area (Å²) < 4.78 is 13.2. The van der Waals surface area contributed by atoms with E-state index in [-0.39, 0.29) is 18.1 Å². The predicted octanol–water partition coefficient (Wildman–Crippen LogP) is 1.76. The van der Waals surface area contributed by atoms with Gasteiger partial charge < -0.3 is 10.6 Å². The van der Waals surface area contributed by atoms with E-state index >= 15 is 0 Å². The van der Waals surface area contributed by atoms with Gasteiger partial charge in [0.05, 0.1) is 12.2 Å². The normalized spacial score (nSPS) is 22.9. The maximum atomic E-state index is 13.2. The van der Waals surface area contributed by atoms with Crippen molar-refractivity contribution in [3.63, 3.8) is 0 Å². The van der Waals surface area contributed by atoms with Crippen molar-refractivity contribution in [3.8, 4) is 0 Å². The first-order valence-electron chi connectivity index (χ1n) is 5.44. The number of carbonyl (C=O) groups is 1. The standard InChI is InChI=1S/C12H15FN2O/c1-8-6-11(8)14-7-12(16)15-10-5-3-2-4-9(10)13/h2-5,8,11,14H,6-7H2,1H3,(H,15,16). The fourth-order valence-corrected chi connectivity index (χ4v) is 1.59. The summed E-state index contributed by atoms with van der Waals surface area (Å²) in [4.78, 5) is 11.5. The first-order chi connectivity index (χ1) is 7.66. The zero-order chi connectivity index (χ0) is 11.5. The topological polar surface area (TPSA) is 41.1 Å². The van der Waals surface area contributed by atoms with Crippen molar-refractivity contribution < 1.29 is 9.18 Å². The molecular formula is C12H15FN2O. The maximum absolute atomic E-state index is 13.2. The molecule has 2 unspecified atom stereocenters. The minimum Gasteiger partial charge on any atom is -0.322 e. The molecule has 0 spiro atoms. The van der Waals surface area contributed by atoms with Crippen LogP contribution in [0.4, 0.5) is 10.1 Å². The number of para-hydroxylation sites is 1. The molecule has 1 saturated carbocycles. The largest absolute Gasteiger partial charge is 0.322 e. The summed E-state index contributed by atoms with van der Waals surface area (Å²) >= 11 is 0. The van der Waals surface area contributed by atoms with Crippen LogP contribution in [-0.4, -0.2) is 18.5 Å². The van der Waals surface area contributed by atoms with E-state index in [4.69, 9.17) is 0 Å². The zero-order valence-electron chi connectivity index (χ0n) is 9.16. The highest BCUT2D eigenvalue weighted by Gasteiger charge is 2.32. The molecule has 0 aliphatic heterocycles. The average Bonchev–Trinajstić information content (AvgIpc) is 2.95. The molecule has 0 aromatic heterocycles. The van der Waals surface area contributed by atoms with E-state index in [1.807, 2.05) is 0 Å². The summed E-state index contributed by atoms with van der Waals surface area (Å²) in [6, 6.07) is 6.61. The molecule has 0 bridgehead atoms. The molecule has 1 aliphatic carbocycles. The molecule has 1 aromatic rings. The van der Waals surface area contributed by atoms with Crippen LogP contribution < -0.4 is 10.6 Å². The van der Waals surface area contributed by atoms with Crippen LogP contribution >= 0.6 is 0 Å². The van der Waals surface area contributed by atoms with Crippen molar-refractivity contribution in [2.24, 2.45) is 5.92 Å². The van der Waals surface area contributed by atoms with Crippen molar-refractivity contribution in [3.05, 3.63) is 30.1 Å². The summed E-state index contributed by atoms with van der Waals surface area (Å²) in [6.45, 7) is 2.37. The number of anilines is 1. The highest BCUT2D eigenvalue weighted by atomic mass is 19.1. The first kappa shape index (κ1) is 11.1. The van der Waals surface area contributed by atoms with E-state index in [1.165, 1.54) is 6.07 Å². The van der Waals surface area contributed by atoms with Gasteiger partial charge in [0.1, 0.15) is 5.82 Å². The molecule has 0 heterocycles. The zero-order valence-corrected chi connectivity index (χ0v) is 9.16. The van der Waals surface area contributed by atoms with Crippen molar-refractivity contribution in [2.45, 2.75) is 19.4 Å². The van der Waals surface area contributed by atoms with Crippen LogP contribution in [0.1, 0.15) is 13.3 Å². The van der Waals surface area contributed by atoms with Gasteiger partial charge in [-0.2, -0.15) is 0 Å². The Balaban J connectivity index is 1.80. The van der Waals surface area contributed by atoms with E-state index in [1.54, 1.807) is 18.2 Å². The van der Waals surface area contributed by atoms with Gasteiger partial charge in [-0.15, -0.1) is 0 Å². The van der Waals surface area contributed by atoms with Gasteiger partial charge in [-0.05, 0) is 24.5 Å². The van der Waals surface area contributed by atoms with Gasteiger partial charge in [-0.25, -0.2) is 4.39 Å². The van der Waals surface area contributed by atoms with Crippen molar-refractivity contribution in [1.82, 2.24) is 5.32 Å². The molecule has 2 atom stereocenters. The van der Waals surface area contributed by atoms with Gasteiger partial charge in [0.15, 0.2) is 0 Å². The lowest BCUT2D eigenvalue weighted by atomic mass is 10.3. The quantitative estimate of drug-likeness (QED) is 0.815. The van der Waals surface area contributed by atoms with Crippen LogP contribution in [0.25, 0.3) is 0 Å². The van der Waals surface area contributed by atoms with E-state index in [0.717, 1.165) is 6.42 Å². The van der Waals surface area contributed by atoms with Gasteiger partial charge in [-0.3, -0.25) is 4.79 Å². The molecule has 86 valence electrons. The molecular weight excluding hydrogens is 207 g/mol. The van der Waals surface area contributed by atoms with E-state index in [2.05, 4.69) is 17.6 Å². The van der Waals surface area contributed by atoms with Crippen LogP contribution in [-0.2, 0) is 4.79 Å². The first-order valence-corrected chi connectivity index (χ1v) is 5.44. The second-order valence-corrected chi connectivity index (χ2v) is 4.23. The molecule has 1 aromatic carbocycles. The van der Waals surface area contributed by atoms with Gasteiger partial charge in [0.2, 0.25) is 5.91 Å². The van der Waals surface area contributed by atoms with Crippen LogP contribution in [0.5, 0.6) is 0 Å². The lowest BCUT2D eigenvalue weighted by Crippen LogP contribution is -2.30. The Kier molecular flexibility index (Phi) is 3.19. The number of carbonyl (C=O) groups excluding carboxylic acids is 1. The summed E-state index contributed by atoms with van der Waals surface area (Å²) in [5.74, 6) is 0.0427. The Morgan fingerprint density at radius 2 is 2.19 bits per heavy atom. The van der Waals surface area contributed by atoms with Gasteiger partial charge in [0, 0.05) is 6.04 Å². The van der Waals surface area contributed by atoms with E-state index in [0.29, 0.717) is 12.0 Å². The smallest absolute Gasteiger partial charge is 0.238 e. The third-order valence-corrected chi connectivity index (χ3v) is 2.78. The third kappa shape index (κ3) is 2.79. The maximum Gasteiger partial charge on any atom is 0.238 e. The van der Waals surface area contributed by atoms with E-state index < -0.39 is 5.82 Å². The molecule has 0 radical (unpaired) electrons. The third-order valence-electron chi connectivity index (χ3n) is 2.78. The molecule has 0 saturated heterocycles. The van der Waals surface area contributed by atoms with Crippen molar-refractivity contribution in [2.75, 3.05) is 11.9 Å². The minimum absolute atomic E-state index is 0.204. The second kappa shape index (κ2) is 4.61. The minimum atomic E-state index is -0.407. The van der Waals surface area contributed by atoms with Crippen molar-refractivity contribution in [1.29, 1.82) is 0 Å². The Hall–Kier alpha value is -1.42. The van der Waals surface area contributed by atoms with Crippen LogP contribution in [0.15, 0.2) is 24.3 Å². The lowest BCUT2D eigenvalue weighted by Gasteiger charge is -2.06. The monoisotopic (exact) mass is 222 g/mol. The molecule has 3 nitrogen and oxygen atoms in total. The Morgan fingerprint density at radius 1 is 1.50 bits per heavy atom. The Labute approximate surface area is 94.0 Å². The van der Waals surface area contributed by atoms with Crippen LogP contribution in [0, 0.1) is 11.7 Å². The Bertz CT molecular complexity index is 394. The number of hydrogen-bond donors (Lipinski definition) is 2.